The monoisotopic (exact) mass is 353 g/mol. The van der Waals surface area contributed by atoms with Gasteiger partial charge in [0.05, 0.1) is 6.42 Å². The summed E-state index contributed by atoms with van der Waals surface area (Å²) < 4.78 is 5.80. The molecule has 0 radical (unpaired) electrons. The van der Waals surface area contributed by atoms with Crippen molar-refractivity contribution < 1.29 is 9.53 Å². The number of nitrogens with zero attached hydrogens (tertiary/aromatic N) is 2. The number of hydrogen-bond acceptors (Lipinski definition) is 4. The van der Waals surface area contributed by atoms with Crippen LogP contribution in [0, 0.1) is 0 Å². The highest BCUT2D eigenvalue weighted by atomic mass is 16.5. The second kappa shape index (κ2) is 8.79. The number of rotatable bonds is 6. The molecule has 1 aromatic carbocycles. The first-order valence-corrected chi connectivity index (χ1v) is 9.42. The van der Waals surface area contributed by atoms with Crippen LogP contribution < -0.4 is 10.1 Å². The van der Waals surface area contributed by atoms with Gasteiger partial charge in [0.1, 0.15) is 6.10 Å². The maximum Gasteiger partial charge on any atom is 0.316 e. The van der Waals surface area contributed by atoms with Crippen molar-refractivity contribution in [3.05, 3.63) is 53.9 Å². The van der Waals surface area contributed by atoms with Crippen LogP contribution in [-0.2, 0) is 11.2 Å². The fraction of sp³-hybridized carbons (Fsp3) is 0.476. The standard InChI is InChI=1S/C21H27N3O2/c1-15(2)17-6-4-16(5-7-17)14-20(25)24-18-8-10-19(11-9-18)26-21-22-12-3-13-23-21/h3-7,12-13,15,18-19H,8-11,14H2,1-2H3,(H,24,25). The van der Waals surface area contributed by atoms with Crippen molar-refractivity contribution in [1.29, 1.82) is 0 Å². The van der Waals surface area contributed by atoms with Crippen molar-refractivity contribution in [2.45, 2.75) is 64.0 Å². The van der Waals surface area contributed by atoms with Gasteiger partial charge in [0.2, 0.25) is 5.91 Å². The molecule has 1 aliphatic carbocycles. The maximum absolute atomic E-state index is 12.3. The molecular formula is C21H27N3O2. The van der Waals surface area contributed by atoms with E-state index in [4.69, 9.17) is 4.74 Å². The zero-order valence-corrected chi connectivity index (χ0v) is 15.5. The fourth-order valence-electron chi connectivity index (χ4n) is 3.30. The lowest BCUT2D eigenvalue weighted by molar-refractivity contribution is -0.121. The molecule has 0 bridgehead atoms. The van der Waals surface area contributed by atoms with E-state index >= 15 is 0 Å². The summed E-state index contributed by atoms with van der Waals surface area (Å²) >= 11 is 0. The van der Waals surface area contributed by atoms with E-state index in [-0.39, 0.29) is 18.1 Å². The fourth-order valence-corrected chi connectivity index (χ4v) is 3.30. The number of aromatic nitrogens is 2. The molecule has 0 atom stereocenters. The van der Waals surface area contributed by atoms with Crippen LogP contribution in [0.2, 0.25) is 0 Å². The maximum atomic E-state index is 12.3. The van der Waals surface area contributed by atoms with Crippen LogP contribution in [0.15, 0.2) is 42.7 Å². The van der Waals surface area contributed by atoms with Gasteiger partial charge in [-0.15, -0.1) is 0 Å². The van der Waals surface area contributed by atoms with E-state index in [1.165, 1.54) is 5.56 Å². The topological polar surface area (TPSA) is 64.1 Å². The number of nitrogens with one attached hydrogen (secondary N) is 1. The number of carbonyl (C=O) groups is 1. The van der Waals surface area contributed by atoms with E-state index < -0.39 is 0 Å². The third-order valence-electron chi connectivity index (χ3n) is 4.86. The summed E-state index contributed by atoms with van der Waals surface area (Å²) in [6.07, 6.45) is 7.61. The predicted octanol–water partition coefficient (Wildman–Crippen LogP) is 3.65. The molecular weight excluding hydrogens is 326 g/mol. The second-order valence-corrected chi connectivity index (χ2v) is 7.26. The molecule has 1 N–H and O–H groups in total. The molecule has 0 unspecified atom stereocenters. The van der Waals surface area contributed by atoms with Crippen LogP contribution in [-0.4, -0.2) is 28.0 Å². The number of hydrogen-bond donors (Lipinski definition) is 1. The Morgan fingerprint density at radius 1 is 1.12 bits per heavy atom. The van der Waals surface area contributed by atoms with E-state index in [2.05, 4.69) is 53.4 Å². The minimum absolute atomic E-state index is 0.0954. The SMILES string of the molecule is CC(C)c1ccc(CC(=O)NC2CCC(Oc3ncccn3)CC2)cc1. The zero-order valence-electron chi connectivity index (χ0n) is 15.5. The van der Waals surface area contributed by atoms with Gasteiger partial charge in [-0.1, -0.05) is 38.1 Å². The van der Waals surface area contributed by atoms with E-state index in [9.17, 15) is 4.79 Å². The van der Waals surface area contributed by atoms with Gasteiger partial charge in [0.25, 0.3) is 0 Å². The lowest BCUT2D eigenvalue weighted by Crippen LogP contribution is -2.40. The molecule has 0 spiro atoms. The molecule has 1 fully saturated rings. The summed E-state index contributed by atoms with van der Waals surface area (Å²) in [4.78, 5) is 20.5. The molecule has 2 aromatic rings. The molecule has 5 nitrogen and oxygen atoms in total. The van der Waals surface area contributed by atoms with Crippen molar-refractivity contribution in [2.24, 2.45) is 0 Å². The lowest BCUT2D eigenvalue weighted by Gasteiger charge is -2.28. The zero-order chi connectivity index (χ0) is 18.4. The van der Waals surface area contributed by atoms with Crippen LogP contribution >= 0.6 is 0 Å². The van der Waals surface area contributed by atoms with E-state index in [0.717, 1.165) is 31.2 Å². The molecule has 1 amide bonds. The summed E-state index contributed by atoms with van der Waals surface area (Å²) in [5.74, 6) is 0.606. The Kier molecular flexibility index (Phi) is 6.21. The minimum Gasteiger partial charge on any atom is -0.460 e. The Balaban J connectivity index is 1.41. The molecule has 26 heavy (non-hydrogen) atoms. The highest BCUT2D eigenvalue weighted by Crippen LogP contribution is 2.22. The minimum atomic E-state index is 0.0954. The summed E-state index contributed by atoms with van der Waals surface area (Å²) in [5, 5.41) is 3.16. The van der Waals surface area contributed by atoms with Crippen molar-refractivity contribution in [3.63, 3.8) is 0 Å². The molecule has 5 heteroatoms. The van der Waals surface area contributed by atoms with E-state index in [1.807, 2.05) is 0 Å². The molecule has 138 valence electrons. The van der Waals surface area contributed by atoms with Crippen molar-refractivity contribution in [2.75, 3.05) is 0 Å². The Hall–Kier alpha value is -2.43. The van der Waals surface area contributed by atoms with Crippen LogP contribution in [0.25, 0.3) is 0 Å². The van der Waals surface area contributed by atoms with Gasteiger partial charge >= 0.3 is 6.01 Å². The van der Waals surface area contributed by atoms with Crippen molar-refractivity contribution in [3.8, 4) is 6.01 Å². The first-order valence-electron chi connectivity index (χ1n) is 9.42. The summed E-state index contributed by atoms with van der Waals surface area (Å²) in [6.45, 7) is 4.34. The molecule has 0 aliphatic heterocycles. The van der Waals surface area contributed by atoms with Gasteiger partial charge in [-0.05, 0) is 48.8 Å². The van der Waals surface area contributed by atoms with Crippen LogP contribution in [0.1, 0.15) is 56.6 Å². The number of benzene rings is 1. The highest BCUT2D eigenvalue weighted by Gasteiger charge is 2.24. The largest absolute Gasteiger partial charge is 0.460 e. The van der Waals surface area contributed by atoms with Crippen molar-refractivity contribution >= 4 is 5.91 Å². The van der Waals surface area contributed by atoms with Gasteiger partial charge in [-0.25, -0.2) is 9.97 Å². The van der Waals surface area contributed by atoms with E-state index in [1.54, 1.807) is 18.5 Å². The molecule has 0 saturated heterocycles. The van der Waals surface area contributed by atoms with Crippen LogP contribution in [0.3, 0.4) is 0 Å². The Labute approximate surface area is 155 Å². The normalized spacial score (nSPS) is 20.0. The van der Waals surface area contributed by atoms with Gasteiger partial charge < -0.3 is 10.1 Å². The summed E-state index contributed by atoms with van der Waals surface area (Å²) in [5.41, 5.74) is 2.36. The Morgan fingerprint density at radius 3 is 2.38 bits per heavy atom. The second-order valence-electron chi connectivity index (χ2n) is 7.26. The smallest absolute Gasteiger partial charge is 0.316 e. The third kappa shape index (κ3) is 5.28. The Morgan fingerprint density at radius 2 is 1.77 bits per heavy atom. The summed E-state index contributed by atoms with van der Waals surface area (Å²) in [7, 11) is 0. The molecule has 1 aromatic heterocycles. The van der Waals surface area contributed by atoms with Crippen molar-refractivity contribution in [1.82, 2.24) is 15.3 Å². The molecule has 3 rings (SSSR count). The van der Waals surface area contributed by atoms with Crippen LogP contribution in [0.4, 0.5) is 0 Å². The quantitative estimate of drug-likeness (QED) is 0.861. The number of ether oxygens (including phenoxy) is 1. The average Bonchev–Trinajstić information content (AvgIpc) is 2.64. The highest BCUT2D eigenvalue weighted by molar-refractivity contribution is 5.78. The summed E-state index contributed by atoms with van der Waals surface area (Å²) in [6, 6.07) is 10.8. The molecule has 1 saturated carbocycles. The first kappa shape index (κ1) is 18.4. The molecule has 1 heterocycles. The van der Waals surface area contributed by atoms with Crippen LogP contribution in [0.5, 0.6) is 6.01 Å². The predicted molar refractivity (Wildman–Crippen MR) is 101 cm³/mol. The van der Waals surface area contributed by atoms with Gasteiger partial charge in [0.15, 0.2) is 0 Å². The van der Waals surface area contributed by atoms with Gasteiger partial charge in [-0.3, -0.25) is 4.79 Å². The number of carbonyl (C=O) groups excluding carboxylic acids is 1. The van der Waals surface area contributed by atoms with Gasteiger partial charge in [0, 0.05) is 18.4 Å². The average molecular weight is 353 g/mol. The third-order valence-corrected chi connectivity index (χ3v) is 4.86. The van der Waals surface area contributed by atoms with Gasteiger partial charge in [-0.2, -0.15) is 0 Å². The number of amides is 1. The van der Waals surface area contributed by atoms with E-state index in [0.29, 0.717) is 18.3 Å². The molecule has 1 aliphatic rings. The first-order chi connectivity index (χ1) is 12.6. The Bertz CT molecular complexity index is 693. The lowest BCUT2D eigenvalue weighted by atomic mass is 9.92.